The van der Waals surface area contributed by atoms with Crippen LogP contribution in [0.2, 0.25) is 5.02 Å². The van der Waals surface area contributed by atoms with Crippen molar-refractivity contribution < 1.29 is 23.5 Å². The summed E-state index contributed by atoms with van der Waals surface area (Å²) in [6.45, 7) is 13.5. The maximum absolute atomic E-state index is 15.3. The molecule has 3 aromatic rings. The number of fused-ring (bicyclic) bond motifs is 1. The molecule has 1 saturated heterocycles. The van der Waals surface area contributed by atoms with Crippen molar-refractivity contribution in [3.63, 3.8) is 0 Å². The molecule has 12 heteroatoms. The number of pyridine rings is 1. The summed E-state index contributed by atoms with van der Waals surface area (Å²) in [6, 6.07) is 10.6. The second-order valence-corrected chi connectivity index (χ2v) is 13.9. The van der Waals surface area contributed by atoms with Crippen LogP contribution in [-0.4, -0.2) is 61.1 Å². The third-order valence-corrected chi connectivity index (χ3v) is 10.5. The summed E-state index contributed by atoms with van der Waals surface area (Å²) < 4.78 is 20.9. The van der Waals surface area contributed by atoms with E-state index in [0.717, 1.165) is 43.7 Å². The minimum atomic E-state index is -0.562. The van der Waals surface area contributed by atoms with Gasteiger partial charge in [-0.15, -0.1) is 0 Å². The highest BCUT2D eigenvalue weighted by molar-refractivity contribution is 6.36. The molecule has 4 amide bonds. The summed E-state index contributed by atoms with van der Waals surface area (Å²) in [5.74, 6) is 0.248. The van der Waals surface area contributed by atoms with Crippen LogP contribution in [0.1, 0.15) is 89.3 Å². The number of hydrazine groups is 1. The van der Waals surface area contributed by atoms with Gasteiger partial charge in [-0.05, 0) is 80.2 Å². The number of nitrogens with one attached hydrogen (secondary N) is 4. The fourth-order valence-corrected chi connectivity index (χ4v) is 7.09. The molecule has 286 valence electrons. The number of carbonyl (C=O) groups is 3. The van der Waals surface area contributed by atoms with Crippen molar-refractivity contribution in [3.05, 3.63) is 75.6 Å². The fourth-order valence-electron chi connectivity index (χ4n) is 6.77. The Kier molecular flexibility index (Phi) is 14.8. The van der Waals surface area contributed by atoms with Crippen LogP contribution in [0.4, 0.5) is 14.9 Å². The number of amides is 4. The summed E-state index contributed by atoms with van der Waals surface area (Å²) in [7, 11) is 3.16. The Morgan fingerprint density at radius 3 is 2.60 bits per heavy atom. The molecule has 53 heavy (non-hydrogen) atoms. The molecule has 0 radical (unpaired) electrons. The number of halogens is 2. The van der Waals surface area contributed by atoms with Crippen molar-refractivity contribution in [2.24, 2.45) is 5.92 Å². The average Bonchev–Trinajstić information content (AvgIpc) is 3.54. The van der Waals surface area contributed by atoms with Crippen molar-refractivity contribution in [1.29, 1.82) is 0 Å². The van der Waals surface area contributed by atoms with Crippen LogP contribution in [0.25, 0.3) is 22.4 Å². The number of methoxy groups -OCH3 is 1. The number of benzene rings is 2. The van der Waals surface area contributed by atoms with Gasteiger partial charge in [0.1, 0.15) is 11.4 Å². The Morgan fingerprint density at radius 2 is 1.91 bits per heavy atom. The molecule has 3 atom stereocenters. The lowest BCUT2D eigenvalue weighted by molar-refractivity contribution is -0.131. The summed E-state index contributed by atoms with van der Waals surface area (Å²) in [5, 5.41) is 10.1. The number of rotatable bonds is 9. The Balaban J connectivity index is 0.000000352. The van der Waals surface area contributed by atoms with Crippen molar-refractivity contribution in [3.8, 4) is 28.3 Å². The van der Waals surface area contributed by atoms with Gasteiger partial charge in [0.15, 0.2) is 0 Å². The molecule has 1 aromatic heterocycles. The number of likely N-dealkylation sites (N-methyl/N-ethyl adjacent to an activating group) is 1. The van der Waals surface area contributed by atoms with Gasteiger partial charge in [-0.1, -0.05) is 76.9 Å². The van der Waals surface area contributed by atoms with Crippen molar-refractivity contribution in [2.75, 3.05) is 32.6 Å². The lowest BCUT2D eigenvalue weighted by atomic mass is 9.95. The quantitative estimate of drug-likeness (QED) is 0.163. The fraction of sp³-hybridized carbons (Fsp3) is 0.463. The molecule has 0 bridgehead atoms. The number of urea groups is 1. The monoisotopic (exact) mass is 748 g/mol. The van der Waals surface area contributed by atoms with Gasteiger partial charge in [-0.25, -0.2) is 19.6 Å². The normalized spacial score (nSPS) is 18.2. The maximum Gasteiger partial charge on any atom is 0.315 e. The lowest BCUT2D eigenvalue weighted by Gasteiger charge is -2.25. The SMILES string of the molecule is CC.CCC(C)CCC1CCNC(=O)N1.COc1nc(-c2cccc(-c3c(F)ccc(NC(=O)C4=CCNN(C)C4=O)c3C)c2Cl)cc2c1C(C)CC2. The van der Waals surface area contributed by atoms with Crippen molar-refractivity contribution >= 4 is 35.1 Å². The number of carbonyl (C=O) groups excluding carboxylic acids is 3. The highest BCUT2D eigenvalue weighted by Gasteiger charge is 2.28. The van der Waals surface area contributed by atoms with Crippen LogP contribution in [0.5, 0.6) is 5.88 Å². The van der Waals surface area contributed by atoms with Crippen LogP contribution >= 0.6 is 11.6 Å². The van der Waals surface area contributed by atoms with E-state index < -0.39 is 17.6 Å². The second kappa shape index (κ2) is 19.0. The van der Waals surface area contributed by atoms with Crippen LogP contribution < -0.4 is 26.1 Å². The molecule has 3 unspecified atom stereocenters. The van der Waals surface area contributed by atoms with Crippen molar-refractivity contribution in [2.45, 2.75) is 92.0 Å². The summed E-state index contributed by atoms with van der Waals surface area (Å²) in [6.07, 6.45) is 8.14. The first kappa shape index (κ1) is 41.3. The van der Waals surface area contributed by atoms with Crippen LogP contribution in [0.3, 0.4) is 0 Å². The van der Waals surface area contributed by atoms with Gasteiger partial charge in [-0.3, -0.25) is 14.6 Å². The number of aryl methyl sites for hydroxylation is 1. The third-order valence-electron chi connectivity index (χ3n) is 10.1. The molecular weight excluding hydrogens is 695 g/mol. The van der Waals surface area contributed by atoms with E-state index >= 15 is 4.39 Å². The highest BCUT2D eigenvalue weighted by atomic mass is 35.5. The van der Waals surface area contributed by atoms with Gasteiger partial charge in [0.2, 0.25) is 5.88 Å². The van der Waals surface area contributed by atoms with E-state index in [1.807, 2.05) is 26.0 Å². The minimum absolute atomic E-state index is 0.000372. The van der Waals surface area contributed by atoms with E-state index in [0.29, 0.717) is 57.5 Å². The molecule has 3 aliphatic rings. The van der Waals surface area contributed by atoms with E-state index in [-0.39, 0.29) is 17.2 Å². The largest absolute Gasteiger partial charge is 0.481 e. The van der Waals surface area contributed by atoms with Gasteiger partial charge in [0.05, 0.1) is 17.8 Å². The number of hydrogen-bond acceptors (Lipinski definition) is 6. The predicted octanol–water partition coefficient (Wildman–Crippen LogP) is 8.33. The van der Waals surface area contributed by atoms with Crippen LogP contribution in [-0.2, 0) is 16.0 Å². The summed E-state index contributed by atoms with van der Waals surface area (Å²) in [4.78, 5) is 41.0. The van der Waals surface area contributed by atoms with E-state index in [1.165, 1.54) is 41.6 Å². The molecule has 3 heterocycles. The number of hydrogen-bond donors (Lipinski definition) is 4. The molecule has 1 aliphatic carbocycles. The average molecular weight is 749 g/mol. The molecule has 1 fully saturated rings. The maximum atomic E-state index is 15.3. The summed E-state index contributed by atoms with van der Waals surface area (Å²) >= 11 is 6.91. The third kappa shape index (κ3) is 9.74. The van der Waals surface area contributed by atoms with Crippen LogP contribution in [0, 0.1) is 18.7 Å². The smallest absolute Gasteiger partial charge is 0.315 e. The predicted molar refractivity (Wildman–Crippen MR) is 211 cm³/mol. The van der Waals surface area contributed by atoms with Crippen LogP contribution in [0.15, 0.2) is 48.0 Å². The molecule has 0 spiro atoms. The van der Waals surface area contributed by atoms with Gasteiger partial charge in [-0.2, -0.15) is 0 Å². The first-order valence-corrected chi connectivity index (χ1v) is 19.0. The Bertz CT molecular complexity index is 1830. The molecule has 6 rings (SSSR count). The Morgan fingerprint density at radius 1 is 1.17 bits per heavy atom. The van der Waals surface area contributed by atoms with Gasteiger partial charge < -0.3 is 20.7 Å². The molecule has 0 saturated carbocycles. The minimum Gasteiger partial charge on any atom is -0.481 e. The first-order chi connectivity index (χ1) is 25.4. The molecule has 2 aliphatic heterocycles. The van der Waals surface area contributed by atoms with Gasteiger partial charge in [0, 0.05) is 54.1 Å². The Labute approximate surface area is 318 Å². The molecule has 10 nitrogen and oxygen atoms in total. The van der Waals surface area contributed by atoms with E-state index in [4.69, 9.17) is 21.3 Å². The Hall–Kier alpha value is -4.48. The van der Waals surface area contributed by atoms with E-state index in [1.54, 1.807) is 33.2 Å². The topological polar surface area (TPSA) is 125 Å². The standard InChI is InChI=1S/C29H28ClFN4O3.C10H20N2O.C2H6/c1-15-8-9-17-14-23(34-28(38-4)24(15)17)18-6-5-7-19(26(18)30)25-16(2)22(11-10-21(25)31)33-27(36)20-12-13-32-35(3)29(20)37;1-3-8(2)4-5-9-6-7-11-10(13)12-9;1-2/h5-7,10-12,14-15,32H,8-9,13H2,1-4H3,(H,33,36);8-9H,3-7H2,1-2H3,(H2,11,12,13);1-2H3. The first-order valence-electron chi connectivity index (χ1n) is 18.7. The van der Waals surface area contributed by atoms with E-state index in [2.05, 4.69) is 42.1 Å². The second-order valence-electron chi connectivity index (χ2n) is 13.6. The van der Waals surface area contributed by atoms with E-state index in [9.17, 15) is 14.4 Å². The number of ether oxygens (including phenoxy) is 1. The lowest BCUT2D eigenvalue weighted by Crippen LogP contribution is -2.49. The number of aromatic nitrogens is 1. The van der Waals surface area contributed by atoms with Crippen molar-refractivity contribution in [1.82, 2.24) is 26.1 Å². The molecular formula is C41H54ClFN6O4. The zero-order valence-electron chi connectivity index (χ0n) is 32.2. The molecule has 2 aromatic carbocycles. The van der Waals surface area contributed by atoms with Gasteiger partial charge in [0.25, 0.3) is 11.8 Å². The number of anilines is 1. The summed E-state index contributed by atoms with van der Waals surface area (Å²) in [5.41, 5.74) is 8.08. The van der Waals surface area contributed by atoms with Gasteiger partial charge >= 0.3 is 6.03 Å². The zero-order chi connectivity index (χ0) is 38.8. The highest BCUT2D eigenvalue weighted by Crippen LogP contribution is 2.44. The zero-order valence-corrected chi connectivity index (χ0v) is 33.0. The number of nitrogens with zero attached hydrogens (tertiary/aromatic N) is 2. The molecule has 4 N–H and O–H groups in total.